The maximum atomic E-state index is 12.6. The molecule has 0 bridgehead atoms. The number of fused-ring (bicyclic) bond motifs is 1. The summed E-state index contributed by atoms with van der Waals surface area (Å²) >= 11 is 7.88. The van der Waals surface area contributed by atoms with E-state index >= 15 is 0 Å². The third-order valence-corrected chi connectivity index (χ3v) is 6.21. The minimum Gasteiger partial charge on any atom is -0.382 e. The van der Waals surface area contributed by atoms with Crippen molar-refractivity contribution in [2.45, 2.75) is 19.0 Å². The first-order valence-electron chi connectivity index (χ1n) is 9.01. The number of nitrogen functional groups attached to an aromatic ring is 1. The van der Waals surface area contributed by atoms with Gasteiger partial charge in [0.15, 0.2) is 11.5 Å². The molecule has 144 valence electrons. The minimum atomic E-state index is -0.321. The Morgan fingerprint density at radius 3 is 2.82 bits per heavy atom. The number of halogens is 1. The molecule has 0 spiro atoms. The highest BCUT2D eigenvalue weighted by Crippen LogP contribution is 2.30. The summed E-state index contributed by atoms with van der Waals surface area (Å²) < 4.78 is 0. The molecule has 1 amide bonds. The Bertz CT molecular complexity index is 975. The lowest BCUT2D eigenvalue weighted by Crippen LogP contribution is -2.40. The van der Waals surface area contributed by atoms with Gasteiger partial charge >= 0.3 is 0 Å². The highest BCUT2D eigenvalue weighted by molar-refractivity contribution is 7.10. The highest BCUT2D eigenvalue weighted by Gasteiger charge is 2.26. The van der Waals surface area contributed by atoms with Crippen LogP contribution in [0.1, 0.15) is 32.5 Å². The smallest absolute Gasteiger partial charge is 0.273 e. The first-order chi connectivity index (χ1) is 13.6. The molecule has 8 heteroatoms. The van der Waals surface area contributed by atoms with E-state index in [1.54, 1.807) is 0 Å². The molecule has 0 saturated carbocycles. The van der Waals surface area contributed by atoms with Crippen LogP contribution in [0.3, 0.4) is 0 Å². The van der Waals surface area contributed by atoms with Crippen LogP contribution in [0.5, 0.6) is 0 Å². The quantitative estimate of drug-likeness (QED) is 0.670. The molecule has 1 aliphatic heterocycles. The van der Waals surface area contributed by atoms with E-state index in [4.69, 9.17) is 17.3 Å². The number of hydrogen-bond donors (Lipinski definition) is 2. The molecule has 3 heterocycles. The van der Waals surface area contributed by atoms with Crippen molar-refractivity contribution >= 4 is 34.7 Å². The van der Waals surface area contributed by atoms with Crippen LogP contribution in [0, 0.1) is 0 Å². The van der Waals surface area contributed by atoms with Gasteiger partial charge in [0.25, 0.3) is 5.91 Å². The van der Waals surface area contributed by atoms with E-state index in [-0.39, 0.29) is 23.5 Å². The lowest BCUT2D eigenvalue weighted by molar-refractivity contribution is 0.0924. The zero-order chi connectivity index (χ0) is 19.5. The Kier molecular flexibility index (Phi) is 5.57. The maximum Gasteiger partial charge on any atom is 0.273 e. The summed E-state index contributed by atoms with van der Waals surface area (Å²) in [6, 6.07) is 9.99. The van der Waals surface area contributed by atoms with Crippen LogP contribution in [-0.2, 0) is 13.0 Å². The standard InChI is InChI=1S/C20H20ClN5OS/c21-15-3-1-13(2-4-15)16(26-9-5-17-14(12-26)6-10-28-17)11-25-20(27)18-19(22)24-8-7-23-18/h1-4,6-8,10,16H,5,9,11-12H2,(H2,22,24)(H,25,27). The van der Waals surface area contributed by atoms with Gasteiger partial charge in [-0.15, -0.1) is 11.3 Å². The molecule has 0 radical (unpaired) electrons. The van der Waals surface area contributed by atoms with Crippen LogP contribution >= 0.6 is 22.9 Å². The van der Waals surface area contributed by atoms with Crippen molar-refractivity contribution in [3.8, 4) is 0 Å². The van der Waals surface area contributed by atoms with E-state index in [1.807, 2.05) is 35.6 Å². The topological polar surface area (TPSA) is 84.1 Å². The molecule has 0 aliphatic carbocycles. The van der Waals surface area contributed by atoms with Gasteiger partial charge in [-0.1, -0.05) is 23.7 Å². The lowest BCUT2D eigenvalue weighted by atomic mass is 10.0. The van der Waals surface area contributed by atoms with Gasteiger partial charge in [0.05, 0.1) is 6.04 Å². The lowest BCUT2D eigenvalue weighted by Gasteiger charge is -2.35. The average molecular weight is 414 g/mol. The number of amides is 1. The van der Waals surface area contributed by atoms with Gasteiger partial charge in [-0.05, 0) is 41.1 Å². The molecular weight excluding hydrogens is 394 g/mol. The molecule has 6 nitrogen and oxygen atoms in total. The fraction of sp³-hybridized carbons (Fsp3) is 0.250. The summed E-state index contributed by atoms with van der Waals surface area (Å²) in [6.07, 6.45) is 3.95. The van der Waals surface area contributed by atoms with Crippen LogP contribution < -0.4 is 11.1 Å². The van der Waals surface area contributed by atoms with Gasteiger partial charge in [0, 0.05) is 41.9 Å². The van der Waals surface area contributed by atoms with Gasteiger partial charge in [-0.2, -0.15) is 0 Å². The highest BCUT2D eigenvalue weighted by atomic mass is 35.5. The molecule has 28 heavy (non-hydrogen) atoms. The molecule has 1 atom stereocenters. The predicted molar refractivity (Wildman–Crippen MR) is 111 cm³/mol. The first kappa shape index (κ1) is 18.9. The SMILES string of the molecule is Nc1nccnc1C(=O)NCC(c1ccc(Cl)cc1)N1CCc2sccc2C1. The van der Waals surface area contributed by atoms with Gasteiger partial charge < -0.3 is 11.1 Å². The molecular formula is C20H20ClN5OS. The van der Waals surface area contributed by atoms with E-state index in [9.17, 15) is 4.79 Å². The number of aromatic nitrogens is 2. The molecule has 0 saturated heterocycles. The van der Waals surface area contributed by atoms with Crippen molar-refractivity contribution in [3.05, 3.63) is 74.8 Å². The Balaban J connectivity index is 1.54. The summed E-state index contributed by atoms with van der Waals surface area (Å²) in [5.74, 6) is -0.193. The number of anilines is 1. The molecule has 2 aromatic heterocycles. The van der Waals surface area contributed by atoms with Crippen molar-refractivity contribution in [2.24, 2.45) is 0 Å². The van der Waals surface area contributed by atoms with Gasteiger partial charge in [-0.3, -0.25) is 9.69 Å². The maximum absolute atomic E-state index is 12.6. The fourth-order valence-electron chi connectivity index (χ4n) is 3.48. The number of nitrogens with one attached hydrogen (secondary N) is 1. The molecule has 4 rings (SSSR count). The summed E-state index contributed by atoms with van der Waals surface area (Å²) in [5, 5.41) is 5.81. The molecule has 1 aliphatic rings. The average Bonchev–Trinajstić information content (AvgIpc) is 3.17. The van der Waals surface area contributed by atoms with E-state index in [2.05, 4.69) is 31.6 Å². The second-order valence-electron chi connectivity index (χ2n) is 6.66. The molecule has 3 N–H and O–H groups in total. The Hall–Kier alpha value is -2.48. The third-order valence-electron chi connectivity index (χ3n) is 4.93. The van der Waals surface area contributed by atoms with Crippen molar-refractivity contribution in [1.29, 1.82) is 0 Å². The van der Waals surface area contributed by atoms with E-state index in [0.29, 0.717) is 11.6 Å². The van der Waals surface area contributed by atoms with Gasteiger partial charge in [-0.25, -0.2) is 9.97 Å². The number of thiophene rings is 1. The van der Waals surface area contributed by atoms with Gasteiger partial charge in [0.1, 0.15) is 0 Å². The number of benzene rings is 1. The summed E-state index contributed by atoms with van der Waals surface area (Å²) in [7, 11) is 0. The van der Waals surface area contributed by atoms with Crippen LogP contribution in [0.25, 0.3) is 0 Å². The number of nitrogens with two attached hydrogens (primary N) is 1. The van der Waals surface area contributed by atoms with Crippen molar-refractivity contribution < 1.29 is 4.79 Å². The number of carbonyl (C=O) groups excluding carboxylic acids is 1. The number of nitrogens with zero attached hydrogens (tertiary/aromatic N) is 3. The monoisotopic (exact) mass is 413 g/mol. The number of carbonyl (C=O) groups is 1. The van der Waals surface area contributed by atoms with Crippen LogP contribution in [0.15, 0.2) is 48.1 Å². The van der Waals surface area contributed by atoms with Crippen molar-refractivity contribution in [1.82, 2.24) is 20.2 Å². The molecule has 1 unspecified atom stereocenters. The zero-order valence-electron chi connectivity index (χ0n) is 15.1. The van der Waals surface area contributed by atoms with E-state index < -0.39 is 0 Å². The zero-order valence-corrected chi connectivity index (χ0v) is 16.7. The van der Waals surface area contributed by atoms with Crippen LogP contribution in [0.2, 0.25) is 5.02 Å². The predicted octanol–water partition coefficient (Wildman–Crippen LogP) is 3.30. The molecule has 3 aromatic rings. The fourth-order valence-corrected chi connectivity index (χ4v) is 4.49. The minimum absolute atomic E-state index is 0.0205. The summed E-state index contributed by atoms with van der Waals surface area (Å²) in [5.41, 5.74) is 8.40. The third kappa shape index (κ3) is 4.01. The number of rotatable bonds is 5. The Labute approximate surface area is 172 Å². The molecule has 1 aromatic carbocycles. The van der Waals surface area contributed by atoms with Gasteiger partial charge in [0.2, 0.25) is 0 Å². The molecule has 0 fully saturated rings. The second kappa shape index (κ2) is 8.26. The van der Waals surface area contributed by atoms with Crippen LogP contribution in [-0.4, -0.2) is 33.9 Å². The van der Waals surface area contributed by atoms with Crippen molar-refractivity contribution in [2.75, 3.05) is 18.8 Å². The van der Waals surface area contributed by atoms with E-state index in [1.165, 1.54) is 22.8 Å². The van der Waals surface area contributed by atoms with Crippen LogP contribution in [0.4, 0.5) is 5.82 Å². The Morgan fingerprint density at radius 2 is 2.04 bits per heavy atom. The Morgan fingerprint density at radius 1 is 1.25 bits per heavy atom. The number of hydrogen-bond acceptors (Lipinski definition) is 6. The van der Waals surface area contributed by atoms with E-state index in [0.717, 1.165) is 25.1 Å². The first-order valence-corrected chi connectivity index (χ1v) is 10.3. The summed E-state index contributed by atoms with van der Waals surface area (Å²) in [6.45, 7) is 2.23. The largest absolute Gasteiger partial charge is 0.382 e. The summed E-state index contributed by atoms with van der Waals surface area (Å²) in [4.78, 5) is 24.4. The van der Waals surface area contributed by atoms with Crippen molar-refractivity contribution in [3.63, 3.8) is 0 Å². The normalized spacial score (nSPS) is 15.0. The second-order valence-corrected chi connectivity index (χ2v) is 8.09.